The Morgan fingerprint density at radius 1 is 1.24 bits per heavy atom. The van der Waals surface area contributed by atoms with Gasteiger partial charge >= 0.3 is 0 Å². The highest BCUT2D eigenvalue weighted by Crippen LogP contribution is 2.25. The monoisotopic (exact) mass is 298 g/mol. The van der Waals surface area contributed by atoms with Crippen molar-refractivity contribution >= 4 is 34.4 Å². The Balaban J connectivity index is 2.03. The number of nitrogens with zero attached hydrogens (tertiary/aromatic N) is 5. The highest BCUT2D eigenvalue weighted by molar-refractivity contribution is 7.80. The van der Waals surface area contributed by atoms with E-state index in [1.54, 1.807) is 6.20 Å². The molecule has 0 radical (unpaired) electrons. The highest BCUT2D eigenvalue weighted by atomic mass is 32.1. The lowest BCUT2D eigenvalue weighted by Crippen LogP contribution is -2.14. The van der Waals surface area contributed by atoms with Gasteiger partial charge in [-0.1, -0.05) is 12.2 Å². The van der Waals surface area contributed by atoms with Crippen molar-refractivity contribution in [2.75, 3.05) is 11.9 Å². The number of fused-ring (bicyclic) bond motifs is 1. The van der Waals surface area contributed by atoms with Gasteiger partial charge in [-0.3, -0.25) is 4.40 Å². The Morgan fingerprint density at radius 2 is 1.95 bits per heavy atom. The van der Waals surface area contributed by atoms with E-state index >= 15 is 0 Å². The van der Waals surface area contributed by atoms with Crippen LogP contribution in [-0.2, 0) is 0 Å². The maximum absolute atomic E-state index is 5.61. The summed E-state index contributed by atoms with van der Waals surface area (Å²) in [5, 5.41) is 8.26. The molecule has 0 saturated carbocycles. The van der Waals surface area contributed by atoms with Crippen LogP contribution < -0.4 is 10.6 Å². The van der Waals surface area contributed by atoms with Gasteiger partial charge in [-0.25, -0.2) is 4.98 Å². The van der Waals surface area contributed by atoms with Gasteiger partial charge < -0.3 is 10.6 Å². The van der Waals surface area contributed by atoms with E-state index in [0.717, 1.165) is 28.5 Å². The van der Waals surface area contributed by atoms with Crippen LogP contribution in [0.4, 0.5) is 11.5 Å². The number of rotatable bonds is 3. The molecule has 106 valence electrons. The summed E-state index contributed by atoms with van der Waals surface area (Å²) in [6, 6.07) is 7.68. The molecular formula is C14H14N6S. The van der Waals surface area contributed by atoms with E-state index in [-0.39, 0.29) is 0 Å². The number of hydrogen-bond donors (Lipinski definition) is 1. The summed E-state index contributed by atoms with van der Waals surface area (Å²) in [5.74, 6) is 1.56. The molecule has 0 saturated heterocycles. The summed E-state index contributed by atoms with van der Waals surface area (Å²) in [6.45, 7) is 1.90. The predicted molar refractivity (Wildman–Crippen MR) is 85.9 cm³/mol. The lowest BCUT2D eigenvalue weighted by atomic mass is 10.2. The van der Waals surface area contributed by atoms with Crippen molar-refractivity contribution in [2.45, 2.75) is 6.92 Å². The minimum absolute atomic E-state index is 0.387. The molecule has 2 N–H and O–H groups in total. The van der Waals surface area contributed by atoms with Gasteiger partial charge in [0.2, 0.25) is 5.65 Å². The van der Waals surface area contributed by atoms with Crippen LogP contribution in [0.25, 0.3) is 5.65 Å². The standard InChI is InChI=1S/C14H14N6S/c1-9-17-18-14-13(16-7-8-20(9)14)19(2)11-5-3-10(4-6-11)12(15)21/h3-8H,1-2H3,(H2,15,21). The fourth-order valence-corrected chi connectivity index (χ4v) is 2.27. The van der Waals surface area contributed by atoms with Crippen LogP contribution in [0.5, 0.6) is 0 Å². The fraction of sp³-hybridized carbons (Fsp3) is 0.143. The highest BCUT2D eigenvalue weighted by Gasteiger charge is 2.13. The molecule has 0 unspecified atom stereocenters. The van der Waals surface area contributed by atoms with Gasteiger partial charge in [0.05, 0.1) is 0 Å². The van der Waals surface area contributed by atoms with E-state index in [1.165, 1.54) is 0 Å². The van der Waals surface area contributed by atoms with Crippen molar-refractivity contribution in [3.8, 4) is 0 Å². The molecule has 0 aliphatic carbocycles. The molecule has 2 heterocycles. The first kappa shape index (κ1) is 13.4. The Hall–Kier alpha value is -2.54. The molecule has 0 amide bonds. The third kappa shape index (κ3) is 2.31. The zero-order valence-electron chi connectivity index (χ0n) is 11.7. The van der Waals surface area contributed by atoms with Gasteiger partial charge in [0.25, 0.3) is 0 Å². The minimum Gasteiger partial charge on any atom is -0.389 e. The molecule has 2 aromatic heterocycles. The number of hydrogen-bond acceptors (Lipinski definition) is 5. The molecule has 1 aromatic carbocycles. The van der Waals surface area contributed by atoms with Crippen molar-refractivity contribution in [2.24, 2.45) is 5.73 Å². The van der Waals surface area contributed by atoms with Crippen LogP contribution in [-0.4, -0.2) is 31.6 Å². The second kappa shape index (κ2) is 5.10. The molecule has 0 aliphatic rings. The number of thiocarbonyl (C=S) groups is 1. The molecule has 0 fully saturated rings. The van der Waals surface area contributed by atoms with Crippen molar-refractivity contribution in [3.05, 3.63) is 48.0 Å². The number of anilines is 2. The zero-order valence-corrected chi connectivity index (χ0v) is 12.5. The van der Waals surface area contributed by atoms with E-state index in [9.17, 15) is 0 Å². The van der Waals surface area contributed by atoms with Crippen LogP contribution in [0.15, 0.2) is 36.7 Å². The molecule has 0 spiro atoms. The first-order valence-electron chi connectivity index (χ1n) is 6.38. The Kier molecular flexibility index (Phi) is 3.26. The number of benzene rings is 1. The quantitative estimate of drug-likeness (QED) is 0.744. The summed E-state index contributed by atoms with van der Waals surface area (Å²) in [7, 11) is 1.93. The van der Waals surface area contributed by atoms with Crippen molar-refractivity contribution < 1.29 is 0 Å². The van der Waals surface area contributed by atoms with Crippen LogP contribution in [0.1, 0.15) is 11.4 Å². The Morgan fingerprint density at radius 3 is 2.62 bits per heavy atom. The van der Waals surface area contributed by atoms with Gasteiger partial charge in [0, 0.05) is 30.7 Å². The maximum atomic E-state index is 5.61. The van der Waals surface area contributed by atoms with E-state index in [2.05, 4.69) is 15.2 Å². The smallest absolute Gasteiger partial charge is 0.204 e. The molecule has 0 aliphatic heterocycles. The van der Waals surface area contributed by atoms with E-state index < -0.39 is 0 Å². The average Bonchev–Trinajstić information content (AvgIpc) is 2.88. The summed E-state index contributed by atoms with van der Waals surface area (Å²) in [4.78, 5) is 6.74. The van der Waals surface area contributed by atoms with Gasteiger partial charge in [0.1, 0.15) is 10.8 Å². The summed E-state index contributed by atoms with van der Waals surface area (Å²) < 4.78 is 1.90. The molecule has 3 rings (SSSR count). The first-order chi connectivity index (χ1) is 10.1. The summed E-state index contributed by atoms with van der Waals surface area (Å²) in [6.07, 6.45) is 3.58. The summed E-state index contributed by atoms with van der Waals surface area (Å²) >= 11 is 4.96. The third-order valence-corrected chi connectivity index (χ3v) is 3.57. The lowest BCUT2D eigenvalue weighted by molar-refractivity contribution is 0.998. The largest absolute Gasteiger partial charge is 0.389 e. The lowest BCUT2D eigenvalue weighted by Gasteiger charge is -2.18. The Bertz CT molecular complexity index is 808. The maximum Gasteiger partial charge on any atom is 0.204 e. The van der Waals surface area contributed by atoms with Gasteiger partial charge in [-0.15, -0.1) is 10.2 Å². The average molecular weight is 298 g/mol. The van der Waals surface area contributed by atoms with E-state index in [1.807, 2.05) is 53.7 Å². The van der Waals surface area contributed by atoms with Gasteiger partial charge in [0.15, 0.2) is 5.82 Å². The second-order valence-electron chi connectivity index (χ2n) is 4.66. The molecule has 7 heteroatoms. The molecule has 21 heavy (non-hydrogen) atoms. The number of aryl methyl sites for hydroxylation is 1. The molecule has 6 nitrogen and oxygen atoms in total. The van der Waals surface area contributed by atoms with Crippen molar-refractivity contribution in [1.82, 2.24) is 19.6 Å². The number of nitrogens with two attached hydrogens (primary N) is 1. The topological polar surface area (TPSA) is 72.3 Å². The normalized spacial score (nSPS) is 10.8. The van der Waals surface area contributed by atoms with Crippen molar-refractivity contribution in [1.29, 1.82) is 0 Å². The van der Waals surface area contributed by atoms with Crippen LogP contribution in [0.3, 0.4) is 0 Å². The van der Waals surface area contributed by atoms with E-state index in [4.69, 9.17) is 18.0 Å². The number of aromatic nitrogens is 4. The van der Waals surface area contributed by atoms with Crippen LogP contribution in [0.2, 0.25) is 0 Å². The Labute approximate surface area is 127 Å². The zero-order chi connectivity index (χ0) is 15.0. The second-order valence-corrected chi connectivity index (χ2v) is 5.10. The molecule has 0 atom stereocenters. The molecule has 0 bridgehead atoms. The summed E-state index contributed by atoms with van der Waals surface area (Å²) in [5.41, 5.74) is 8.14. The van der Waals surface area contributed by atoms with Gasteiger partial charge in [-0.05, 0) is 31.2 Å². The SMILES string of the molecule is Cc1nnc2c(N(C)c3ccc(C(N)=S)cc3)nccn12. The van der Waals surface area contributed by atoms with Crippen LogP contribution >= 0.6 is 12.2 Å². The fourth-order valence-electron chi connectivity index (χ4n) is 2.14. The predicted octanol–water partition coefficient (Wildman–Crippen LogP) is 1.83. The van der Waals surface area contributed by atoms with Crippen LogP contribution in [0, 0.1) is 6.92 Å². The third-order valence-electron chi connectivity index (χ3n) is 3.34. The van der Waals surface area contributed by atoms with E-state index in [0.29, 0.717) is 4.99 Å². The molecular weight excluding hydrogens is 284 g/mol. The van der Waals surface area contributed by atoms with Crippen molar-refractivity contribution in [3.63, 3.8) is 0 Å². The van der Waals surface area contributed by atoms with Gasteiger partial charge in [-0.2, -0.15) is 0 Å². The minimum atomic E-state index is 0.387. The molecule has 3 aromatic rings. The first-order valence-corrected chi connectivity index (χ1v) is 6.78.